The van der Waals surface area contributed by atoms with Gasteiger partial charge in [0.25, 0.3) is 0 Å². The Labute approximate surface area is 238 Å². The summed E-state index contributed by atoms with van der Waals surface area (Å²) in [6.07, 6.45) is 1.81. The third kappa shape index (κ3) is 9.89. The first-order valence-corrected chi connectivity index (χ1v) is 15.3. The van der Waals surface area contributed by atoms with Gasteiger partial charge in [-0.25, -0.2) is 8.42 Å². The van der Waals surface area contributed by atoms with Gasteiger partial charge >= 0.3 is 0 Å². The molecule has 0 saturated carbocycles. The third-order valence-corrected chi connectivity index (χ3v) is 7.44. The molecule has 0 fully saturated rings. The summed E-state index contributed by atoms with van der Waals surface area (Å²) in [4.78, 5) is 29.1. The number of carbonyl (C=O) groups excluding carboxylic acids is 2. The molecule has 0 aliphatic rings. The van der Waals surface area contributed by atoms with E-state index in [1.165, 1.54) is 4.90 Å². The molecule has 0 aliphatic carbocycles. The van der Waals surface area contributed by atoms with E-state index in [0.29, 0.717) is 25.1 Å². The van der Waals surface area contributed by atoms with Crippen LogP contribution < -0.4 is 5.32 Å². The molecule has 3 aromatic carbocycles. The van der Waals surface area contributed by atoms with Crippen molar-refractivity contribution in [1.29, 1.82) is 0 Å². The molecular formula is C31H39N3O5S. The van der Waals surface area contributed by atoms with Crippen LogP contribution in [0, 0.1) is 0 Å². The Hall–Kier alpha value is -3.53. The summed E-state index contributed by atoms with van der Waals surface area (Å²) in [5.41, 5.74) is 2.22. The average molecular weight is 566 g/mol. The Morgan fingerprint density at radius 1 is 0.825 bits per heavy atom. The van der Waals surface area contributed by atoms with Crippen LogP contribution in [0.1, 0.15) is 43.0 Å². The van der Waals surface area contributed by atoms with Crippen molar-refractivity contribution in [3.63, 3.8) is 0 Å². The minimum Gasteiger partial charge on any atom is -0.379 e. The monoisotopic (exact) mass is 565 g/mol. The normalized spacial score (nSPS) is 12.3. The van der Waals surface area contributed by atoms with Crippen LogP contribution in [-0.4, -0.2) is 61.5 Å². The number of nitrogens with zero attached hydrogens (tertiary/aromatic N) is 2. The fraction of sp³-hybridized carbons (Fsp3) is 0.355. The molecule has 40 heavy (non-hydrogen) atoms. The van der Waals surface area contributed by atoms with Crippen LogP contribution >= 0.6 is 0 Å². The lowest BCUT2D eigenvalue weighted by molar-refractivity contribution is -0.141. The van der Waals surface area contributed by atoms with Crippen molar-refractivity contribution in [2.75, 3.05) is 26.0 Å². The maximum atomic E-state index is 14.0. The summed E-state index contributed by atoms with van der Waals surface area (Å²) in [5, 5.41) is 2.95. The van der Waals surface area contributed by atoms with Crippen molar-refractivity contribution in [3.05, 3.63) is 108 Å². The number of ether oxygens (including phenoxy) is 1. The number of hydrogen-bond donors (Lipinski definition) is 1. The van der Waals surface area contributed by atoms with Gasteiger partial charge in [0.05, 0.1) is 18.9 Å². The van der Waals surface area contributed by atoms with Crippen molar-refractivity contribution in [2.45, 2.75) is 45.5 Å². The topological polar surface area (TPSA) is 96.0 Å². The van der Waals surface area contributed by atoms with E-state index in [1.807, 2.05) is 92.7 Å². The second-order valence-corrected chi connectivity index (χ2v) is 11.9. The predicted molar refractivity (Wildman–Crippen MR) is 157 cm³/mol. The first kappa shape index (κ1) is 31.0. The van der Waals surface area contributed by atoms with Crippen LogP contribution in [0.3, 0.4) is 0 Å². The summed E-state index contributed by atoms with van der Waals surface area (Å²) in [5.74, 6) is -0.814. The lowest BCUT2D eigenvalue weighted by atomic mass is 10.0. The van der Waals surface area contributed by atoms with E-state index in [0.717, 1.165) is 21.7 Å². The van der Waals surface area contributed by atoms with Crippen molar-refractivity contribution < 1.29 is 22.7 Å². The van der Waals surface area contributed by atoms with E-state index < -0.39 is 28.5 Å². The summed E-state index contributed by atoms with van der Waals surface area (Å²) in [7, 11) is -3.73. The van der Waals surface area contributed by atoms with E-state index in [-0.39, 0.29) is 25.1 Å². The molecule has 1 N–H and O–H groups in total. The molecule has 1 atom stereocenters. The summed E-state index contributed by atoms with van der Waals surface area (Å²) in [6, 6.07) is 26.6. The molecule has 3 aromatic rings. The fourth-order valence-corrected chi connectivity index (χ4v) is 4.96. The molecule has 0 saturated heterocycles. The lowest BCUT2D eigenvalue weighted by Crippen LogP contribution is -2.48. The zero-order valence-electron chi connectivity index (χ0n) is 23.4. The minimum absolute atomic E-state index is 0.0443. The van der Waals surface area contributed by atoms with E-state index in [4.69, 9.17) is 4.74 Å². The van der Waals surface area contributed by atoms with E-state index in [1.54, 1.807) is 12.1 Å². The highest BCUT2D eigenvalue weighted by molar-refractivity contribution is 7.88. The van der Waals surface area contributed by atoms with Crippen LogP contribution in [0.4, 0.5) is 0 Å². The molecule has 0 spiro atoms. The highest BCUT2D eigenvalue weighted by Crippen LogP contribution is 2.25. The van der Waals surface area contributed by atoms with E-state index in [9.17, 15) is 18.0 Å². The number of carbonyl (C=O) groups is 2. The van der Waals surface area contributed by atoms with Gasteiger partial charge in [-0.3, -0.25) is 9.59 Å². The third-order valence-electron chi connectivity index (χ3n) is 6.25. The van der Waals surface area contributed by atoms with Crippen LogP contribution in [0.2, 0.25) is 0 Å². The first-order chi connectivity index (χ1) is 19.1. The van der Waals surface area contributed by atoms with Crippen LogP contribution in [-0.2, 0) is 37.4 Å². The molecular weight excluding hydrogens is 526 g/mol. The van der Waals surface area contributed by atoms with Crippen molar-refractivity contribution in [3.8, 4) is 0 Å². The van der Waals surface area contributed by atoms with Gasteiger partial charge in [0.1, 0.15) is 6.04 Å². The average Bonchev–Trinajstić information content (AvgIpc) is 2.93. The molecule has 3 rings (SSSR count). The van der Waals surface area contributed by atoms with Gasteiger partial charge in [-0.05, 0) is 37.0 Å². The smallest absolute Gasteiger partial charge is 0.247 e. The molecule has 9 heteroatoms. The zero-order valence-corrected chi connectivity index (χ0v) is 24.2. The van der Waals surface area contributed by atoms with Gasteiger partial charge in [0.2, 0.25) is 21.8 Å². The molecule has 0 unspecified atom stereocenters. The second kappa shape index (κ2) is 15.3. The van der Waals surface area contributed by atoms with Gasteiger partial charge in [-0.15, -0.1) is 0 Å². The summed E-state index contributed by atoms with van der Waals surface area (Å²) >= 11 is 0. The SMILES string of the molecule is CC(C)OCCCNC(=O)[C@H](c1ccccc1)N(Cc1ccccc1)C(=O)CN(Cc1ccccc1)S(C)(=O)=O. The zero-order chi connectivity index (χ0) is 29.0. The van der Waals surface area contributed by atoms with Crippen molar-refractivity contribution >= 4 is 21.8 Å². The minimum atomic E-state index is -3.73. The van der Waals surface area contributed by atoms with Crippen molar-refractivity contribution in [2.24, 2.45) is 0 Å². The Balaban J connectivity index is 1.92. The lowest BCUT2D eigenvalue weighted by Gasteiger charge is -2.33. The summed E-state index contributed by atoms with van der Waals surface area (Å²) < 4.78 is 32.2. The molecule has 8 nitrogen and oxygen atoms in total. The number of hydrogen-bond acceptors (Lipinski definition) is 5. The maximum absolute atomic E-state index is 14.0. The molecule has 0 aromatic heterocycles. The van der Waals surface area contributed by atoms with Crippen LogP contribution in [0.25, 0.3) is 0 Å². The number of sulfonamides is 1. The number of benzene rings is 3. The Bertz CT molecular complexity index is 1300. The fourth-order valence-electron chi connectivity index (χ4n) is 4.23. The predicted octanol–water partition coefficient (Wildman–Crippen LogP) is 4.15. The Kier molecular flexibility index (Phi) is 11.9. The molecule has 2 amide bonds. The Morgan fingerprint density at radius 3 is 1.88 bits per heavy atom. The second-order valence-electron chi connectivity index (χ2n) is 9.90. The summed E-state index contributed by atoms with van der Waals surface area (Å²) in [6.45, 7) is 4.56. The molecule has 0 radical (unpaired) electrons. The van der Waals surface area contributed by atoms with Crippen LogP contribution in [0.5, 0.6) is 0 Å². The standard InChI is InChI=1S/C31H39N3O5S/c1-25(2)39-21-13-20-32-31(36)30(28-18-11-6-12-19-28)34(23-27-16-9-5-10-17-27)29(35)24-33(40(3,37)38)22-26-14-7-4-8-15-26/h4-12,14-19,25,30H,13,20-24H2,1-3H3,(H,32,36)/t30-/m0/s1. The number of amides is 2. The van der Waals surface area contributed by atoms with Gasteiger partial charge in [0, 0.05) is 26.2 Å². The Morgan fingerprint density at radius 2 is 1.35 bits per heavy atom. The van der Waals surface area contributed by atoms with Gasteiger partial charge in [-0.2, -0.15) is 4.31 Å². The number of nitrogens with one attached hydrogen (secondary N) is 1. The molecule has 0 aliphatic heterocycles. The highest BCUT2D eigenvalue weighted by atomic mass is 32.2. The number of rotatable bonds is 15. The largest absolute Gasteiger partial charge is 0.379 e. The molecule has 0 heterocycles. The van der Waals surface area contributed by atoms with Gasteiger partial charge in [0.15, 0.2) is 0 Å². The van der Waals surface area contributed by atoms with E-state index >= 15 is 0 Å². The van der Waals surface area contributed by atoms with Gasteiger partial charge in [-0.1, -0.05) is 91.0 Å². The highest BCUT2D eigenvalue weighted by Gasteiger charge is 2.33. The first-order valence-electron chi connectivity index (χ1n) is 13.4. The van der Waals surface area contributed by atoms with E-state index in [2.05, 4.69) is 5.32 Å². The van der Waals surface area contributed by atoms with Crippen molar-refractivity contribution in [1.82, 2.24) is 14.5 Å². The maximum Gasteiger partial charge on any atom is 0.247 e. The molecule has 214 valence electrons. The quantitative estimate of drug-likeness (QED) is 0.279. The molecule has 0 bridgehead atoms. The van der Waals surface area contributed by atoms with Gasteiger partial charge < -0.3 is 15.0 Å². The van der Waals surface area contributed by atoms with Crippen LogP contribution in [0.15, 0.2) is 91.0 Å².